The Kier molecular flexibility index (Phi) is 7.28. The van der Waals surface area contributed by atoms with E-state index in [2.05, 4.69) is 143 Å². The summed E-state index contributed by atoms with van der Waals surface area (Å²) in [6.45, 7) is 13.1. The summed E-state index contributed by atoms with van der Waals surface area (Å²) >= 11 is 0. The summed E-state index contributed by atoms with van der Waals surface area (Å²) in [4.78, 5) is 10.0. The van der Waals surface area contributed by atoms with E-state index in [4.69, 9.17) is 9.97 Å². The zero-order chi connectivity index (χ0) is 33.1. The maximum Gasteiger partial charge on any atom is 0.144 e. The minimum atomic E-state index is -0.235. The van der Waals surface area contributed by atoms with Crippen molar-refractivity contribution in [1.82, 2.24) is 14.5 Å². The van der Waals surface area contributed by atoms with E-state index in [0.717, 1.165) is 61.5 Å². The molecule has 4 nitrogen and oxygen atoms in total. The van der Waals surface area contributed by atoms with Gasteiger partial charge in [0.25, 0.3) is 0 Å². The molecular weight excluding hydrogens is 574 g/mol. The first kappa shape index (κ1) is 30.4. The van der Waals surface area contributed by atoms with Crippen LogP contribution < -0.4 is 0 Å². The molecule has 0 amide bonds. The number of rotatable bonds is 4. The van der Waals surface area contributed by atoms with Crippen LogP contribution in [0.4, 0.5) is 0 Å². The number of pyridine rings is 1. The molecule has 0 saturated carbocycles. The van der Waals surface area contributed by atoms with Crippen molar-refractivity contribution in [2.45, 2.75) is 52.4 Å². The second-order valence-corrected chi connectivity index (χ2v) is 14.7. The van der Waals surface area contributed by atoms with Crippen LogP contribution in [0, 0.1) is 0 Å². The molecular formula is C43H41N3O. The highest BCUT2D eigenvalue weighted by Crippen LogP contribution is 2.43. The number of hydrogen-bond donors (Lipinski definition) is 1. The van der Waals surface area contributed by atoms with E-state index in [9.17, 15) is 5.11 Å². The van der Waals surface area contributed by atoms with Gasteiger partial charge < -0.3 is 9.67 Å². The van der Waals surface area contributed by atoms with Gasteiger partial charge >= 0.3 is 0 Å². The molecule has 0 atom stereocenters. The first-order chi connectivity index (χ1) is 22.4. The highest BCUT2D eigenvalue weighted by molar-refractivity contribution is 5.97. The predicted octanol–water partition coefficient (Wildman–Crippen LogP) is 11.1. The lowest BCUT2D eigenvalue weighted by Gasteiger charge is -2.27. The number of aromatic nitrogens is 3. The number of aromatic hydroxyl groups is 1. The van der Waals surface area contributed by atoms with E-state index in [1.54, 1.807) is 0 Å². The summed E-state index contributed by atoms with van der Waals surface area (Å²) in [6, 6.07) is 38.5. The monoisotopic (exact) mass is 615 g/mol. The van der Waals surface area contributed by atoms with E-state index >= 15 is 0 Å². The third kappa shape index (κ3) is 5.59. The van der Waals surface area contributed by atoms with Crippen LogP contribution in [0.5, 0.6) is 5.75 Å². The minimum Gasteiger partial charge on any atom is -0.507 e. The Bertz CT molecular complexity index is 2280. The topological polar surface area (TPSA) is 50.9 Å². The molecule has 0 aliphatic heterocycles. The van der Waals surface area contributed by atoms with Crippen molar-refractivity contribution in [1.29, 1.82) is 0 Å². The zero-order valence-corrected chi connectivity index (χ0v) is 28.3. The number of benzene rings is 5. The molecule has 0 saturated heterocycles. The number of aryl methyl sites for hydroxylation is 1. The normalized spacial score (nSPS) is 12.2. The van der Waals surface area contributed by atoms with Crippen LogP contribution in [-0.4, -0.2) is 19.6 Å². The third-order valence-electron chi connectivity index (χ3n) is 9.22. The summed E-state index contributed by atoms with van der Waals surface area (Å²) in [5.74, 6) is 1.04. The van der Waals surface area contributed by atoms with Gasteiger partial charge in [-0.3, -0.25) is 4.98 Å². The Morgan fingerprint density at radius 2 is 1.32 bits per heavy atom. The molecule has 2 heterocycles. The molecule has 0 bridgehead atoms. The SMILES string of the molecule is Cn1c(-c2cc(C(C)(C)C)cc(C(C)(C)C)c2O)nc2c(-c3cc(-c4ccc5ccccc5c4)cc(-c4ccccn4)c3)cccc21. The van der Waals surface area contributed by atoms with Gasteiger partial charge in [-0.1, -0.05) is 102 Å². The Morgan fingerprint density at radius 1 is 0.596 bits per heavy atom. The molecule has 2 aromatic heterocycles. The average Bonchev–Trinajstić information content (AvgIpc) is 3.39. The number of hydrogen-bond acceptors (Lipinski definition) is 3. The first-order valence-electron chi connectivity index (χ1n) is 16.3. The van der Waals surface area contributed by atoms with Crippen LogP contribution >= 0.6 is 0 Å². The molecule has 0 fully saturated rings. The van der Waals surface area contributed by atoms with Gasteiger partial charge in [0, 0.05) is 29.9 Å². The standard InChI is InChI=1S/C43H41N3O/c1-42(2,3)33-25-35(40(47)36(26-33)43(4,5)6)41-45-39-34(15-12-17-38(39)46(41)7)31-22-30(23-32(24-31)37-16-10-11-20-44-37)29-19-18-27-13-8-9-14-28(27)21-29/h8-26,47H,1-7H3. The fourth-order valence-electron chi connectivity index (χ4n) is 6.50. The lowest BCUT2D eigenvalue weighted by molar-refractivity contribution is 0.446. The van der Waals surface area contributed by atoms with Gasteiger partial charge in [-0.05, 0) is 92.4 Å². The van der Waals surface area contributed by atoms with E-state index < -0.39 is 0 Å². The van der Waals surface area contributed by atoms with Crippen molar-refractivity contribution < 1.29 is 5.11 Å². The molecule has 5 aromatic carbocycles. The Morgan fingerprint density at radius 3 is 2.04 bits per heavy atom. The van der Waals surface area contributed by atoms with Gasteiger partial charge in [0.2, 0.25) is 0 Å². The van der Waals surface area contributed by atoms with Crippen LogP contribution in [-0.2, 0) is 17.9 Å². The molecule has 0 aliphatic rings. The second-order valence-electron chi connectivity index (χ2n) is 14.7. The van der Waals surface area contributed by atoms with Crippen molar-refractivity contribution >= 4 is 21.8 Å². The van der Waals surface area contributed by atoms with Crippen molar-refractivity contribution in [2.24, 2.45) is 7.05 Å². The van der Waals surface area contributed by atoms with E-state index in [1.807, 2.05) is 25.4 Å². The van der Waals surface area contributed by atoms with Gasteiger partial charge in [0.15, 0.2) is 0 Å². The molecule has 7 aromatic rings. The van der Waals surface area contributed by atoms with Gasteiger partial charge in [-0.2, -0.15) is 0 Å². The summed E-state index contributed by atoms with van der Waals surface area (Å²) in [5.41, 5.74) is 10.8. The molecule has 4 heteroatoms. The van der Waals surface area contributed by atoms with Gasteiger partial charge in [-0.15, -0.1) is 0 Å². The Hall–Kier alpha value is -5.22. The highest BCUT2D eigenvalue weighted by atomic mass is 16.3. The van der Waals surface area contributed by atoms with Crippen molar-refractivity contribution in [2.75, 3.05) is 0 Å². The summed E-state index contributed by atoms with van der Waals surface area (Å²) < 4.78 is 2.11. The summed E-state index contributed by atoms with van der Waals surface area (Å²) in [7, 11) is 2.04. The minimum absolute atomic E-state index is 0.0940. The molecule has 0 radical (unpaired) electrons. The first-order valence-corrected chi connectivity index (χ1v) is 16.3. The number of phenolic OH excluding ortho intramolecular Hbond substituents is 1. The maximum atomic E-state index is 11.7. The van der Waals surface area contributed by atoms with Gasteiger partial charge in [0.1, 0.15) is 11.6 Å². The smallest absolute Gasteiger partial charge is 0.144 e. The molecule has 7 rings (SSSR count). The predicted molar refractivity (Wildman–Crippen MR) is 197 cm³/mol. The molecule has 47 heavy (non-hydrogen) atoms. The Labute approximate surface area is 277 Å². The van der Waals surface area contributed by atoms with Gasteiger partial charge in [0.05, 0.1) is 22.3 Å². The van der Waals surface area contributed by atoms with Crippen molar-refractivity contribution in [3.8, 4) is 50.6 Å². The Balaban J connectivity index is 1.46. The summed E-state index contributed by atoms with van der Waals surface area (Å²) in [6.07, 6.45) is 1.84. The molecule has 234 valence electrons. The van der Waals surface area contributed by atoms with Crippen LogP contribution in [0.25, 0.3) is 66.7 Å². The summed E-state index contributed by atoms with van der Waals surface area (Å²) in [5, 5.41) is 14.2. The maximum absolute atomic E-state index is 11.7. The lowest BCUT2D eigenvalue weighted by Crippen LogP contribution is -2.17. The van der Waals surface area contributed by atoms with E-state index in [-0.39, 0.29) is 10.8 Å². The molecule has 1 N–H and O–H groups in total. The zero-order valence-electron chi connectivity index (χ0n) is 28.3. The van der Waals surface area contributed by atoms with Crippen LogP contribution in [0.3, 0.4) is 0 Å². The van der Waals surface area contributed by atoms with E-state index in [1.165, 1.54) is 16.3 Å². The lowest BCUT2D eigenvalue weighted by atomic mass is 9.79. The molecule has 0 unspecified atom stereocenters. The highest BCUT2D eigenvalue weighted by Gasteiger charge is 2.27. The number of nitrogens with zero attached hydrogens (tertiary/aromatic N) is 3. The number of para-hydroxylation sites is 1. The number of fused-ring (bicyclic) bond motifs is 2. The second kappa shape index (κ2) is 11.2. The quantitative estimate of drug-likeness (QED) is 0.214. The van der Waals surface area contributed by atoms with Crippen LogP contribution in [0.2, 0.25) is 0 Å². The molecule has 0 aliphatic carbocycles. The fraction of sp³-hybridized carbons (Fsp3) is 0.209. The largest absolute Gasteiger partial charge is 0.507 e. The number of imidazole rings is 1. The average molecular weight is 616 g/mol. The third-order valence-corrected chi connectivity index (χ3v) is 9.22. The fourth-order valence-corrected chi connectivity index (χ4v) is 6.50. The number of phenols is 1. The van der Waals surface area contributed by atoms with Crippen LogP contribution in [0.15, 0.2) is 115 Å². The van der Waals surface area contributed by atoms with Gasteiger partial charge in [-0.25, -0.2) is 4.98 Å². The van der Waals surface area contributed by atoms with Crippen molar-refractivity contribution in [3.05, 3.63) is 127 Å². The molecule has 0 spiro atoms. The van der Waals surface area contributed by atoms with E-state index in [0.29, 0.717) is 5.75 Å². The van der Waals surface area contributed by atoms with Crippen molar-refractivity contribution in [3.63, 3.8) is 0 Å². The van der Waals surface area contributed by atoms with Crippen LogP contribution in [0.1, 0.15) is 52.7 Å².